The Hall–Kier alpha value is -2.68. The van der Waals surface area contributed by atoms with E-state index >= 15 is 0 Å². The molecule has 0 aromatic heterocycles. The third kappa shape index (κ3) is 2.92. The lowest BCUT2D eigenvalue weighted by Gasteiger charge is -2.19. The summed E-state index contributed by atoms with van der Waals surface area (Å²) in [6, 6.07) is 2.82. The van der Waals surface area contributed by atoms with E-state index in [2.05, 4.69) is 0 Å². The van der Waals surface area contributed by atoms with Crippen molar-refractivity contribution < 1.29 is 24.2 Å². The van der Waals surface area contributed by atoms with E-state index in [-0.39, 0.29) is 31.0 Å². The fourth-order valence-electron chi connectivity index (χ4n) is 2.04. The summed E-state index contributed by atoms with van der Waals surface area (Å²) in [5.74, 6) is -1.94. The van der Waals surface area contributed by atoms with Crippen molar-refractivity contribution in [3.05, 3.63) is 44.0 Å². The molecule has 1 aromatic rings. The minimum absolute atomic E-state index is 0.0809. The van der Waals surface area contributed by atoms with Crippen molar-refractivity contribution >= 4 is 22.9 Å². The van der Waals surface area contributed by atoms with Crippen molar-refractivity contribution in [1.29, 1.82) is 0 Å². The SMILES string of the molecule is O=C1CCOCC1C(=O)c1ccc([N+](=O)[O-])c([N+](=O)[O-])c1. The van der Waals surface area contributed by atoms with Crippen LogP contribution >= 0.6 is 0 Å². The molecule has 21 heavy (non-hydrogen) atoms. The van der Waals surface area contributed by atoms with E-state index in [1.165, 1.54) is 0 Å². The van der Waals surface area contributed by atoms with Gasteiger partial charge in [0.05, 0.1) is 23.1 Å². The first-order chi connectivity index (χ1) is 9.91. The van der Waals surface area contributed by atoms with E-state index in [0.717, 1.165) is 18.2 Å². The van der Waals surface area contributed by atoms with E-state index in [1.807, 2.05) is 0 Å². The van der Waals surface area contributed by atoms with Crippen molar-refractivity contribution in [3.63, 3.8) is 0 Å². The number of nitrogens with zero attached hydrogens (tertiary/aromatic N) is 2. The fraction of sp³-hybridized carbons (Fsp3) is 0.333. The normalized spacial score (nSPS) is 18.3. The summed E-state index contributed by atoms with van der Waals surface area (Å²) in [6.07, 6.45) is 0.103. The third-order valence-electron chi connectivity index (χ3n) is 3.14. The molecule has 0 spiro atoms. The minimum atomic E-state index is -1.01. The molecule has 2 rings (SSSR count). The lowest BCUT2D eigenvalue weighted by molar-refractivity contribution is -0.422. The highest BCUT2D eigenvalue weighted by molar-refractivity contribution is 6.11. The molecule has 1 heterocycles. The monoisotopic (exact) mass is 294 g/mol. The van der Waals surface area contributed by atoms with Gasteiger partial charge in [-0.05, 0) is 6.07 Å². The van der Waals surface area contributed by atoms with Crippen molar-refractivity contribution in [2.45, 2.75) is 6.42 Å². The van der Waals surface area contributed by atoms with Gasteiger partial charge >= 0.3 is 11.4 Å². The number of ether oxygens (including phenoxy) is 1. The average molecular weight is 294 g/mol. The van der Waals surface area contributed by atoms with Crippen LogP contribution in [0.1, 0.15) is 16.8 Å². The highest BCUT2D eigenvalue weighted by atomic mass is 16.6. The highest BCUT2D eigenvalue weighted by Crippen LogP contribution is 2.29. The predicted octanol–water partition coefficient (Wildman–Crippen LogP) is 1.29. The Morgan fingerprint density at radius 1 is 1.19 bits per heavy atom. The van der Waals surface area contributed by atoms with Gasteiger partial charge in [0.2, 0.25) is 0 Å². The molecule has 1 aliphatic rings. The predicted molar refractivity (Wildman–Crippen MR) is 68.0 cm³/mol. The number of hydrogen-bond acceptors (Lipinski definition) is 7. The number of carbonyl (C=O) groups is 2. The van der Waals surface area contributed by atoms with E-state index in [1.54, 1.807) is 0 Å². The standard InChI is InChI=1S/C12H10N2O7/c15-11-3-4-21-6-8(11)12(16)7-1-2-9(13(17)18)10(5-7)14(19)20/h1-2,5,8H,3-4,6H2. The molecule has 0 radical (unpaired) electrons. The van der Waals surface area contributed by atoms with Gasteiger partial charge < -0.3 is 4.74 Å². The van der Waals surface area contributed by atoms with Gasteiger partial charge in [-0.1, -0.05) is 0 Å². The summed E-state index contributed by atoms with van der Waals surface area (Å²) in [5, 5.41) is 21.5. The van der Waals surface area contributed by atoms with Gasteiger partial charge in [-0.3, -0.25) is 29.8 Å². The van der Waals surface area contributed by atoms with E-state index in [9.17, 15) is 29.8 Å². The lowest BCUT2D eigenvalue weighted by atomic mass is 9.91. The Bertz CT molecular complexity index is 640. The minimum Gasteiger partial charge on any atom is -0.380 e. The summed E-state index contributed by atoms with van der Waals surface area (Å²) < 4.78 is 5.05. The molecular weight excluding hydrogens is 284 g/mol. The van der Waals surface area contributed by atoms with Gasteiger partial charge in [-0.2, -0.15) is 0 Å². The van der Waals surface area contributed by atoms with Gasteiger partial charge in [0, 0.05) is 24.1 Å². The van der Waals surface area contributed by atoms with Gasteiger partial charge in [-0.25, -0.2) is 0 Å². The number of nitro groups is 2. The Morgan fingerprint density at radius 3 is 2.43 bits per heavy atom. The summed E-state index contributed by atoms with van der Waals surface area (Å²) in [6.45, 7) is 0.158. The van der Waals surface area contributed by atoms with Crippen LogP contribution in [-0.2, 0) is 9.53 Å². The van der Waals surface area contributed by atoms with E-state index < -0.39 is 32.9 Å². The van der Waals surface area contributed by atoms with Gasteiger partial charge in [0.1, 0.15) is 11.7 Å². The molecule has 1 aliphatic heterocycles. The molecule has 1 fully saturated rings. The van der Waals surface area contributed by atoms with Crippen molar-refractivity contribution in [2.24, 2.45) is 5.92 Å². The van der Waals surface area contributed by atoms with Crippen LogP contribution in [0.15, 0.2) is 18.2 Å². The summed E-state index contributed by atoms with van der Waals surface area (Å²) in [7, 11) is 0. The van der Waals surface area contributed by atoms with Crippen molar-refractivity contribution in [2.75, 3.05) is 13.2 Å². The van der Waals surface area contributed by atoms with Crippen LogP contribution in [0.2, 0.25) is 0 Å². The molecule has 1 unspecified atom stereocenters. The number of nitro benzene ring substituents is 2. The zero-order valence-electron chi connectivity index (χ0n) is 10.7. The quantitative estimate of drug-likeness (QED) is 0.354. The number of benzene rings is 1. The number of Topliss-reactive ketones (excluding diaryl/α,β-unsaturated/α-hetero) is 2. The molecule has 0 bridgehead atoms. The maximum atomic E-state index is 12.2. The van der Waals surface area contributed by atoms with E-state index in [0.29, 0.717) is 0 Å². The van der Waals surface area contributed by atoms with Crippen LogP contribution in [-0.4, -0.2) is 34.6 Å². The Balaban J connectivity index is 2.38. The molecule has 0 aliphatic carbocycles. The van der Waals surface area contributed by atoms with Gasteiger partial charge in [-0.15, -0.1) is 0 Å². The van der Waals surface area contributed by atoms with E-state index in [4.69, 9.17) is 4.74 Å². The second-order valence-corrected chi connectivity index (χ2v) is 4.43. The second kappa shape index (κ2) is 5.75. The zero-order valence-corrected chi connectivity index (χ0v) is 10.7. The number of rotatable bonds is 4. The molecule has 9 nitrogen and oxygen atoms in total. The summed E-state index contributed by atoms with van der Waals surface area (Å²) in [5.41, 5.74) is -1.60. The maximum Gasteiger partial charge on any atom is 0.346 e. The molecule has 1 atom stereocenters. The van der Waals surface area contributed by atoms with Crippen LogP contribution in [0.4, 0.5) is 11.4 Å². The smallest absolute Gasteiger partial charge is 0.346 e. The molecule has 0 N–H and O–H groups in total. The molecule has 0 amide bonds. The number of hydrogen-bond donors (Lipinski definition) is 0. The van der Waals surface area contributed by atoms with Crippen LogP contribution in [0, 0.1) is 26.1 Å². The lowest BCUT2D eigenvalue weighted by Crippen LogP contribution is -2.33. The second-order valence-electron chi connectivity index (χ2n) is 4.43. The zero-order chi connectivity index (χ0) is 15.6. The van der Waals surface area contributed by atoms with Crippen molar-refractivity contribution in [1.82, 2.24) is 0 Å². The molecular formula is C12H10N2O7. The number of ketones is 2. The van der Waals surface area contributed by atoms with Crippen LogP contribution in [0.25, 0.3) is 0 Å². The van der Waals surface area contributed by atoms with Crippen molar-refractivity contribution in [3.8, 4) is 0 Å². The number of carbonyl (C=O) groups excluding carboxylic acids is 2. The third-order valence-corrected chi connectivity index (χ3v) is 3.14. The summed E-state index contributed by atoms with van der Waals surface area (Å²) in [4.78, 5) is 43.5. The Labute approximate surface area is 117 Å². The molecule has 1 aromatic carbocycles. The van der Waals surface area contributed by atoms with Crippen LogP contribution in [0.5, 0.6) is 0 Å². The maximum absolute atomic E-state index is 12.2. The largest absolute Gasteiger partial charge is 0.380 e. The highest BCUT2D eigenvalue weighted by Gasteiger charge is 2.33. The Morgan fingerprint density at radius 2 is 1.86 bits per heavy atom. The van der Waals surface area contributed by atoms with Crippen LogP contribution < -0.4 is 0 Å². The molecule has 9 heteroatoms. The first-order valence-electron chi connectivity index (χ1n) is 5.99. The summed E-state index contributed by atoms with van der Waals surface area (Å²) >= 11 is 0. The molecule has 110 valence electrons. The topological polar surface area (TPSA) is 130 Å². The van der Waals surface area contributed by atoms with Crippen LogP contribution in [0.3, 0.4) is 0 Å². The Kier molecular flexibility index (Phi) is 4.03. The van der Waals surface area contributed by atoms with Gasteiger partial charge in [0.15, 0.2) is 5.78 Å². The fourth-order valence-corrected chi connectivity index (χ4v) is 2.04. The first-order valence-corrected chi connectivity index (χ1v) is 5.99. The molecule has 0 saturated carbocycles. The van der Waals surface area contributed by atoms with Gasteiger partial charge in [0.25, 0.3) is 0 Å². The average Bonchev–Trinajstić information content (AvgIpc) is 2.46. The molecule has 1 saturated heterocycles. The first kappa shape index (κ1) is 14.7.